The van der Waals surface area contributed by atoms with Gasteiger partial charge in [-0.15, -0.1) is 11.3 Å². The van der Waals surface area contributed by atoms with Crippen LogP contribution in [-0.4, -0.2) is 18.0 Å². The highest BCUT2D eigenvalue weighted by Crippen LogP contribution is 2.29. The number of thiophene rings is 2. The van der Waals surface area contributed by atoms with Gasteiger partial charge in [-0.2, -0.15) is 11.3 Å². The Morgan fingerprint density at radius 3 is 2.68 bits per heavy atom. The Labute approximate surface area is 127 Å². The van der Waals surface area contributed by atoms with Crippen molar-refractivity contribution in [2.45, 2.75) is 32.0 Å². The smallest absolute Gasteiger partial charge is 0.0931 e. The highest BCUT2D eigenvalue weighted by molar-refractivity contribution is 7.16. The van der Waals surface area contributed by atoms with Crippen LogP contribution in [0.4, 0.5) is 0 Å². The van der Waals surface area contributed by atoms with E-state index in [4.69, 9.17) is 17.3 Å². The van der Waals surface area contributed by atoms with Crippen molar-refractivity contribution < 1.29 is 0 Å². The zero-order valence-corrected chi connectivity index (χ0v) is 13.6. The second-order valence-electron chi connectivity index (χ2n) is 4.69. The van der Waals surface area contributed by atoms with Crippen LogP contribution < -0.4 is 5.73 Å². The Balaban J connectivity index is 2.14. The van der Waals surface area contributed by atoms with E-state index in [0.717, 1.165) is 17.3 Å². The molecule has 0 saturated heterocycles. The normalized spacial score (nSPS) is 14.8. The van der Waals surface area contributed by atoms with Gasteiger partial charge in [-0.3, -0.25) is 4.90 Å². The van der Waals surface area contributed by atoms with Crippen molar-refractivity contribution in [3.05, 3.63) is 43.7 Å². The van der Waals surface area contributed by atoms with Crippen LogP contribution in [0, 0.1) is 0 Å². The van der Waals surface area contributed by atoms with Gasteiger partial charge < -0.3 is 5.73 Å². The Morgan fingerprint density at radius 1 is 1.37 bits per heavy atom. The number of nitrogens with zero attached hydrogens (tertiary/aromatic N) is 1. The van der Waals surface area contributed by atoms with Crippen LogP contribution in [0.2, 0.25) is 4.34 Å². The second kappa shape index (κ2) is 6.86. The van der Waals surface area contributed by atoms with Crippen LogP contribution in [0.25, 0.3) is 0 Å². The third-order valence-electron chi connectivity index (χ3n) is 3.27. The monoisotopic (exact) mass is 314 g/mol. The largest absolute Gasteiger partial charge is 0.326 e. The van der Waals surface area contributed by atoms with Crippen LogP contribution in [0.5, 0.6) is 0 Å². The number of rotatable bonds is 6. The van der Waals surface area contributed by atoms with Crippen LogP contribution in [0.15, 0.2) is 29.0 Å². The Kier molecular flexibility index (Phi) is 5.42. The highest BCUT2D eigenvalue weighted by atomic mass is 35.5. The van der Waals surface area contributed by atoms with Gasteiger partial charge in [0, 0.05) is 17.5 Å². The fraction of sp³-hybridized carbons (Fsp3) is 0.429. The van der Waals surface area contributed by atoms with E-state index in [1.54, 1.807) is 22.7 Å². The van der Waals surface area contributed by atoms with E-state index in [1.807, 2.05) is 6.07 Å². The summed E-state index contributed by atoms with van der Waals surface area (Å²) in [7, 11) is 2.13. The molecular formula is C14H19ClN2S2. The van der Waals surface area contributed by atoms with Gasteiger partial charge in [0.25, 0.3) is 0 Å². The maximum absolute atomic E-state index is 6.31. The van der Waals surface area contributed by atoms with Gasteiger partial charge in [0.05, 0.1) is 10.4 Å². The summed E-state index contributed by atoms with van der Waals surface area (Å²) in [6.45, 7) is 3.02. The molecule has 2 rings (SSSR count). The first-order valence-electron chi connectivity index (χ1n) is 6.34. The molecule has 2 heterocycles. The van der Waals surface area contributed by atoms with Crippen LogP contribution in [0.3, 0.4) is 0 Å². The van der Waals surface area contributed by atoms with Gasteiger partial charge >= 0.3 is 0 Å². The molecule has 0 bridgehead atoms. The van der Waals surface area contributed by atoms with Crippen molar-refractivity contribution in [1.29, 1.82) is 0 Å². The summed E-state index contributed by atoms with van der Waals surface area (Å²) in [5, 5.41) is 4.30. The summed E-state index contributed by atoms with van der Waals surface area (Å²) < 4.78 is 0.843. The molecule has 0 spiro atoms. The minimum atomic E-state index is 0.148. The summed E-state index contributed by atoms with van der Waals surface area (Å²) in [5.41, 5.74) is 7.62. The van der Waals surface area contributed by atoms with Crippen molar-refractivity contribution in [1.82, 2.24) is 4.90 Å². The van der Waals surface area contributed by atoms with Gasteiger partial charge in [0.1, 0.15) is 0 Å². The van der Waals surface area contributed by atoms with Crippen molar-refractivity contribution >= 4 is 34.3 Å². The quantitative estimate of drug-likeness (QED) is 0.857. The molecule has 0 aliphatic carbocycles. The number of likely N-dealkylation sites (N-methyl/N-ethyl adjacent to an activating group) is 1. The van der Waals surface area contributed by atoms with Gasteiger partial charge in [0.2, 0.25) is 0 Å². The van der Waals surface area contributed by atoms with E-state index in [0.29, 0.717) is 0 Å². The number of halogens is 1. The molecule has 0 amide bonds. The van der Waals surface area contributed by atoms with Gasteiger partial charge in [0.15, 0.2) is 0 Å². The molecule has 2 nitrogen and oxygen atoms in total. The first kappa shape index (κ1) is 15.0. The van der Waals surface area contributed by atoms with E-state index in [9.17, 15) is 0 Å². The van der Waals surface area contributed by atoms with Crippen molar-refractivity contribution in [3.63, 3.8) is 0 Å². The van der Waals surface area contributed by atoms with Crippen LogP contribution in [-0.2, 0) is 6.54 Å². The van der Waals surface area contributed by atoms with E-state index in [2.05, 4.69) is 41.8 Å². The van der Waals surface area contributed by atoms with Crippen molar-refractivity contribution in [2.24, 2.45) is 5.73 Å². The van der Waals surface area contributed by atoms with Gasteiger partial charge in [-0.1, -0.05) is 18.5 Å². The first-order chi connectivity index (χ1) is 9.11. The molecule has 2 aromatic rings. The lowest BCUT2D eigenvalue weighted by Gasteiger charge is -2.31. The second-order valence-corrected chi connectivity index (χ2v) is 7.27. The fourth-order valence-corrected chi connectivity index (χ4v) is 4.12. The number of nitrogens with two attached hydrogens (primary N) is 1. The topological polar surface area (TPSA) is 29.3 Å². The summed E-state index contributed by atoms with van der Waals surface area (Å²) in [5.74, 6) is 0. The molecule has 19 heavy (non-hydrogen) atoms. The molecular weight excluding hydrogens is 296 g/mol. The lowest BCUT2D eigenvalue weighted by atomic mass is 9.99. The molecule has 0 aliphatic heterocycles. The predicted octanol–water partition coefficient (Wildman–Crippen LogP) is 4.37. The average molecular weight is 315 g/mol. The molecule has 0 aromatic carbocycles. The minimum absolute atomic E-state index is 0.148. The molecule has 0 aliphatic rings. The fourth-order valence-electron chi connectivity index (χ4n) is 2.28. The lowest BCUT2D eigenvalue weighted by Crippen LogP contribution is -2.38. The molecule has 0 fully saturated rings. The molecule has 0 saturated carbocycles. The molecule has 2 aromatic heterocycles. The molecule has 104 valence electrons. The summed E-state index contributed by atoms with van der Waals surface area (Å²) in [6, 6.07) is 6.62. The SMILES string of the molecule is CCC(N)C(c1ccsc1)N(C)Cc1ccc(Cl)s1. The summed E-state index contributed by atoms with van der Waals surface area (Å²) in [6.07, 6.45) is 0.968. The maximum atomic E-state index is 6.31. The van der Waals surface area contributed by atoms with Crippen LogP contribution in [0.1, 0.15) is 29.8 Å². The maximum Gasteiger partial charge on any atom is 0.0931 e. The van der Waals surface area contributed by atoms with E-state index < -0.39 is 0 Å². The number of hydrogen-bond acceptors (Lipinski definition) is 4. The number of hydrogen-bond donors (Lipinski definition) is 1. The van der Waals surface area contributed by atoms with Crippen molar-refractivity contribution in [2.75, 3.05) is 7.05 Å². The molecule has 0 radical (unpaired) electrons. The van der Waals surface area contributed by atoms with E-state index >= 15 is 0 Å². The predicted molar refractivity (Wildman–Crippen MR) is 86.1 cm³/mol. The molecule has 2 unspecified atom stereocenters. The van der Waals surface area contributed by atoms with Crippen molar-refractivity contribution in [3.8, 4) is 0 Å². The third kappa shape index (κ3) is 3.80. The Bertz CT molecular complexity index is 495. The average Bonchev–Trinajstić information content (AvgIpc) is 3.01. The first-order valence-corrected chi connectivity index (χ1v) is 8.47. The molecule has 5 heteroatoms. The molecule has 2 N–H and O–H groups in total. The van der Waals surface area contributed by atoms with E-state index in [1.165, 1.54) is 10.4 Å². The summed E-state index contributed by atoms with van der Waals surface area (Å²) in [4.78, 5) is 3.59. The molecule has 2 atom stereocenters. The Hall–Kier alpha value is -0.390. The zero-order valence-electron chi connectivity index (χ0n) is 11.2. The Morgan fingerprint density at radius 2 is 2.16 bits per heavy atom. The van der Waals surface area contributed by atoms with E-state index in [-0.39, 0.29) is 12.1 Å². The zero-order chi connectivity index (χ0) is 13.8. The standard InChI is InChI=1S/C14H19ClN2S2/c1-3-12(16)14(10-6-7-18-9-10)17(2)8-11-4-5-13(15)19-11/h4-7,9,12,14H,3,8,16H2,1-2H3. The lowest BCUT2D eigenvalue weighted by molar-refractivity contribution is 0.204. The van der Waals surface area contributed by atoms with Gasteiger partial charge in [-0.05, 0) is 48.0 Å². The summed E-state index contributed by atoms with van der Waals surface area (Å²) >= 11 is 9.35. The highest BCUT2D eigenvalue weighted by Gasteiger charge is 2.23. The van der Waals surface area contributed by atoms with Gasteiger partial charge in [-0.25, -0.2) is 0 Å². The van der Waals surface area contributed by atoms with Crippen LogP contribution >= 0.6 is 34.3 Å². The third-order valence-corrected chi connectivity index (χ3v) is 5.19. The minimum Gasteiger partial charge on any atom is -0.326 e.